The number of hydrogen-bond acceptors (Lipinski definition) is 7. The molecule has 0 spiro atoms. The van der Waals surface area contributed by atoms with Crippen molar-refractivity contribution in [2.24, 2.45) is 0 Å². The van der Waals surface area contributed by atoms with Crippen LogP contribution < -0.4 is 20.1 Å². The normalized spacial score (nSPS) is 13.4. The van der Waals surface area contributed by atoms with Gasteiger partial charge in [-0.15, -0.1) is 0 Å². The molecule has 0 unspecified atom stereocenters. The second-order valence-corrected chi connectivity index (χ2v) is 7.08. The molecule has 2 aromatic rings. The van der Waals surface area contributed by atoms with E-state index < -0.39 is 0 Å². The van der Waals surface area contributed by atoms with Gasteiger partial charge >= 0.3 is 0 Å². The zero-order valence-electron chi connectivity index (χ0n) is 17.8. The summed E-state index contributed by atoms with van der Waals surface area (Å²) in [4.78, 5) is 34.8. The topological polar surface area (TPSA) is 106 Å². The summed E-state index contributed by atoms with van der Waals surface area (Å²) >= 11 is 0. The number of rotatable bonds is 10. The van der Waals surface area contributed by atoms with Gasteiger partial charge < -0.3 is 25.0 Å². The molecule has 1 aromatic carbocycles. The van der Waals surface area contributed by atoms with E-state index in [-0.39, 0.29) is 18.4 Å². The Labute approximate surface area is 182 Å². The first-order valence-corrected chi connectivity index (χ1v) is 10.6. The number of ether oxygens (including phenoxy) is 2. The highest BCUT2D eigenvalue weighted by Crippen LogP contribution is 2.28. The number of anilines is 1. The maximum atomic E-state index is 12.5. The van der Waals surface area contributed by atoms with Crippen LogP contribution in [0.1, 0.15) is 36.5 Å². The van der Waals surface area contributed by atoms with Crippen molar-refractivity contribution in [3.05, 3.63) is 42.2 Å². The van der Waals surface area contributed by atoms with E-state index in [9.17, 15) is 9.59 Å². The Hall–Kier alpha value is -3.36. The highest BCUT2D eigenvalue weighted by molar-refractivity contribution is 5.94. The number of nitrogens with one attached hydrogen (secondary N) is 2. The molecular weight excluding hydrogens is 398 g/mol. The van der Waals surface area contributed by atoms with Gasteiger partial charge in [-0.1, -0.05) is 0 Å². The van der Waals surface area contributed by atoms with Crippen LogP contribution in [-0.2, 0) is 4.79 Å². The van der Waals surface area contributed by atoms with Gasteiger partial charge in [0.2, 0.25) is 5.95 Å². The number of carbonyl (C=O) groups is 2. The minimum absolute atomic E-state index is 0.0288. The fraction of sp³-hybridized carbons (Fsp3) is 0.455. The van der Waals surface area contributed by atoms with Crippen LogP contribution in [0.3, 0.4) is 0 Å². The molecule has 1 aliphatic heterocycles. The second kappa shape index (κ2) is 11.7. The van der Waals surface area contributed by atoms with Crippen LogP contribution in [-0.4, -0.2) is 66.1 Å². The Bertz CT molecular complexity index is 856. The largest absolute Gasteiger partial charge is 0.490 e. The quantitative estimate of drug-likeness (QED) is 0.560. The summed E-state index contributed by atoms with van der Waals surface area (Å²) in [5.74, 6) is 1.14. The van der Waals surface area contributed by atoms with Crippen molar-refractivity contribution < 1.29 is 19.1 Å². The van der Waals surface area contributed by atoms with Crippen LogP contribution >= 0.6 is 0 Å². The lowest BCUT2D eigenvalue weighted by Gasteiger charge is -2.26. The third-order valence-electron chi connectivity index (χ3n) is 4.83. The first kappa shape index (κ1) is 22.3. The minimum Gasteiger partial charge on any atom is -0.490 e. The van der Waals surface area contributed by atoms with E-state index in [1.165, 1.54) is 6.42 Å². The average molecular weight is 428 g/mol. The zero-order valence-corrected chi connectivity index (χ0v) is 17.8. The van der Waals surface area contributed by atoms with Gasteiger partial charge in [0.15, 0.2) is 18.1 Å². The van der Waals surface area contributed by atoms with E-state index in [1.54, 1.807) is 36.7 Å². The number of aromatic nitrogens is 2. The van der Waals surface area contributed by atoms with Gasteiger partial charge in [-0.25, -0.2) is 9.97 Å². The molecule has 0 radical (unpaired) electrons. The maximum absolute atomic E-state index is 12.5. The second-order valence-electron chi connectivity index (χ2n) is 7.08. The molecule has 2 amide bonds. The Kier molecular flexibility index (Phi) is 8.45. The molecule has 9 heteroatoms. The molecule has 166 valence electrons. The van der Waals surface area contributed by atoms with Crippen molar-refractivity contribution in [3.8, 4) is 11.5 Å². The number of carbonyl (C=O) groups excluding carboxylic acids is 2. The van der Waals surface area contributed by atoms with Crippen molar-refractivity contribution in [1.82, 2.24) is 20.2 Å². The van der Waals surface area contributed by atoms with Crippen molar-refractivity contribution >= 4 is 17.8 Å². The first-order chi connectivity index (χ1) is 15.2. The number of amides is 2. The molecule has 0 saturated carbocycles. The lowest BCUT2D eigenvalue weighted by Crippen LogP contribution is -2.38. The van der Waals surface area contributed by atoms with Gasteiger partial charge in [-0.3, -0.25) is 9.59 Å². The highest BCUT2D eigenvalue weighted by atomic mass is 16.5. The minimum atomic E-state index is -0.229. The molecule has 1 fully saturated rings. The fourth-order valence-electron chi connectivity index (χ4n) is 3.25. The van der Waals surface area contributed by atoms with E-state index in [0.717, 1.165) is 25.9 Å². The third kappa shape index (κ3) is 6.84. The molecule has 3 rings (SSSR count). The molecule has 2 heterocycles. The SMILES string of the molecule is CCOc1cc(C(=O)NCCNc2ncccn2)ccc1OCC(=O)N1CCCCC1. The number of likely N-dealkylation sites (tertiary alicyclic amines) is 1. The molecule has 2 N–H and O–H groups in total. The molecule has 1 saturated heterocycles. The standard InChI is InChI=1S/C22H29N5O4/c1-2-30-19-15-17(21(29)23-11-12-26-22-24-9-6-10-25-22)7-8-18(19)31-16-20(28)27-13-4-3-5-14-27/h6-10,15H,2-5,11-14,16H2,1H3,(H,23,29)(H,24,25,26). The van der Waals surface area contributed by atoms with Gasteiger partial charge in [0.05, 0.1) is 6.61 Å². The maximum Gasteiger partial charge on any atom is 0.260 e. The van der Waals surface area contributed by atoms with Gasteiger partial charge in [0, 0.05) is 44.1 Å². The lowest BCUT2D eigenvalue weighted by molar-refractivity contribution is -0.134. The van der Waals surface area contributed by atoms with Crippen LogP contribution in [0.25, 0.3) is 0 Å². The smallest absolute Gasteiger partial charge is 0.260 e. The van der Waals surface area contributed by atoms with Crippen LogP contribution in [0.2, 0.25) is 0 Å². The highest BCUT2D eigenvalue weighted by Gasteiger charge is 2.18. The van der Waals surface area contributed by atoms with Crippen molar-refractivity contribution in [3.63, 3.8) is 0 Å². The van der Waals surface area contributed by atoms with E-state index >= 15 is 0 Å². The summed E-state index contributed by atoms with van der Waals surface area (Å²) in [6, 6.07) is 6.69. The van der Waals surface area contributed by atoms with Gasteiger partial charge in [-0.05, 0) is 50.5 Å². The molecule has 0 aliphatic carbocycles. The molecular formula is C22H29N5O4. The molecule has 31 heavy (non-hydrogen) atoms. The summed E-state index contributed by atoms with van der Waals surface area (Å²) < 4.78 is 11.3. The first-order valence-electron chi connectivity index (χ1n) is 10.6. The predicted molar refractivity (Wildman–Crippen MR) is 116 cm³/mol. The molecule has 1 aromatic heterocycles. The van der Waals surface area contributed by atoms with Crippen molar-refractivity contribution in [2.45, 2.75) is 26.2 Å². The molecule has 1 aliphatic rings. The Balaban J connectivity index is 1.52. The van der Waals surface area contributed by atoms with Crippen molar-refractivity contribution in [1.29, 1.82) is 0 Å². The number of piperidine rings is 1. The number of nitrogens with zero attached hydrogens (tertiary/aromatic N) is 3. The summed E-state index contributed by atoms with van der Waals surface area (Å²) in [5, 5.41) is 5.87. The van der Waals surface area contributed by atoms with E-state index in [2.05, 4.69) is 20.6 Å². The summed E-state index contributed by atoms with van der Waals surface area (Å²) in [6.07, 6.45) is 6.53. The Morgan fingerprint density at radius 3 is 2.55 bits per heavy atom. The van der Waals surface area contributed by atoms with Gasteiger partial charge in [0.25, 0.3) is 11.8 Å². The van der Waals surface area contributed by atoms with Crippen LogP contribution in [0.5, 0.6) is 11.5 Å². The third-order valence-corrected chi connectivity index (χ3v) is 4.83. The zero-order chi connectivity index (χ0) is 21.9. The van der Waals surface area contributed by atoms with Gasteiger partial charge in [0.1, 0.15) is 0 Å². The molecule has 0 atom stereocenters. The van der Waals surface area contributed by atoms with Crippen LogP contribution in [0.15, 0.2) is 36.7 Å². The Morgan fingerprint density at radius 2 is 1.81 bits per heavy atom. The number of benzene rings is 1. The van der Waals surface area contributed by atoms with Crippen LogP contribution in [0.4, 0.5) is 5.95 Å². The van der Waals surface area contributed by atoms with E-state index in [4.69, 9.17) is 9.47 Å². The molecule has 9 nitrogen and oxygen atoms in total. The predicted octanol–water partition coefficient (Wildman–Crippen LogP) is 2.11. The fourth-order valence-corrected chi connectivity index (χ4v) is 3.25. The average Bonchev–Trinajstić information content (AvgIpc) is 2.82. The summed E-state index contributed by atoms with van der Waals surface area (Å²) in [7, 11) is 0. The van der Waals surface area contributed by atoms with E-state index in [1.807, 2.05) is 11.8 Å². The van der Waals surface area contributed by atoms with Crippen molar-refractivity contribution in [2.75, 3.05) is 44.7 Å². The molecule has 0 bridgehead atoms. The lowest BCUT2D eigenvalue weighted by atomic mass is 10.1. The van der Waals surface area contributed by atoms with E-state index in [0.29, 0.717) is 42.7 Å². The Morgan fingerprint density at radius 1 is 1.03 bits per heavy atom. The monoisotopic (exact) mass is 427 g/mol. The summed E-state index contributed by atoms with van der Waals surface area (Å²) in [6.45, 7) is 4.70. The number of hydrogen-bond donors (Lipinski definition) is 2. The summed E-state index contributed by atoms with van der Waals surface area (Å²) in [5.41, 5.74) is 0.453. The van der Waals surface area contributed by atoms with Crippen LogP contribution in [0, 0.1) is 0 Å². The van der Waals surface area contributed by atoms with Gasteiger partial charge in [-0.2, -0.15) is 0 Å².